The van der Waals surface area contributed by atoms with Gasteiger partial charge in [0.1, 0.15) is 12.1 Å². The van der Waals surface area contributed by atoms with Crippen LogP contribution in [0.1, 0.15) is 28.2 Å². The maximum atomic E-state index is 11.7. The molecule has 17 heavy (non-hydrogen) atoms. The van der Waals surface area contributed by atoms with Gasteiger partial charge in [0.15, 0.2) is 5.78 Å². The van der Waals surface area contributed by atoms with Gasteiger partial charge in [-0.2, -0.15) is 5.26 Å². The molecule has 0 N–H and O–H groups in total. The monoisotopic (exact) mass is 225 g/mol. The van der Waals surface area contributed by atoms with Crippen molar-refractivity contribution < 1.29 is 4.79 Å². The van der Waals surface area contributed by atoms with Crippen molar-refractivity contribution >= 4 is 16.8 Å². The number of rotatable bonds is 2. The molecule has 4 heteroatoms. The highest BCUT2D eigenvalue weighted by molar-refractivity contribution is 5.98. The predicted octanol–water partition coefficient (Wildman–Crippen LogP) is 2.34. The number of hydrogen-bond donors (Lipinski definition) is 0. The third-order valence-corrected chi connectivity index (χ3v) is 2.50. The minimum Gasteiger partial charge on any atom is -0.291 e. The summed E-state index contributed by atoms with van der Waals surface area (Å²) in [6.07, 6.45) is -0.160. The lowest BCUT2D eigenvalue weighted by molar-refractivity contribution is 0.0992. The van der Waals surface area contributed by atoms with Gasteiger partial charge in [0.25, 0.3) is 0 Å². The number of fused-ring (bicyclic) bond motifs is 1. The smallest absolute Gasteiger partial charge is 0.197 e. The SMILES string of the molecule is Cc1ccc2nc(C)c(C(=O)CC#N)nc2c1. The predicted molar refractivity (Wildman–Crippen MR) is 63.6 cm³/mol. The van der Waals surface area contributed by atoms with Crippen LogP contribution in [-0.4, -0.2) is 15.8 Å². The third-order valence-electron chi connectivity index (χ3n) is 2.50. The first-order valence-electron chi connectivity index (χ1n) is 5.27. The largest absolute Gasteiger partial charge is 0.291 e. The Hall–Kier alpha value is -2.28. The molecule has 1 aromatic carbocycles. The highest BCUT2D eigenvalue weighted by atomic mass is 16.1. The second kappa shape index (κ2) is 4.30. The number of nitriles is 1. The maximum Gasteiger partial charge on any atom is 0.197 e. The molecule has 0 amide bonds. The first-order chi connectivity index (χ1) is 8.11. The Labute approximate surface area is 98.9 Å². The van der Waals surface area contributed by atoms with Gasteiger partial charge < -0.3 is 0 Å². The Bertz CT molecular complexity index is 641. The average Bonchev–Trinajstić information content (AvgIpc) is 2.29. The van der Waals surface area contributed by atoms with Crippen LogP contribution in [-0.2, 0) is 0 Å². The van der Waals surface area contributed by atoms with Gasteiger partial charge in [0.2, 0.25) is 0 Å². The summed E-state index contributed by atoms with van der Waals surface area (Å²) in [6.45, 7) is 3.69. The number of Topliss-reactive ketones (excluding diaryl/α,β-unsaturated/α-hetero) is 1. The molecule has 0 fully saturated rings. The fourth-order valence-corrected chi connectivity index (χ4v) is 1.67. The summed E-state index contributed by atoms with van der Waals surface area (Å²) in [5.74, 6) is -0.277. The number of aromatic nitrogens is 2. The Morgan fingerprint density at radius 3 is 2.76 bits per heavy atom. The molecule has 4 nitrogen and oxygen atoms in total. The number of benzene rings is 1. The molecule has 2 aromatic rings. The number of carbonyl (C=O) groups excluding carboxylic acids is 1. The second-order valence-electron chi connectivity index (χ2n) is 3.91. The van der Waals surface area contributed by atoms with Crippen LogP contribution in [0.4, 0.5) is 0 Å². The van der Waals surface area contributed by atoms with Gasteiger partial charge in [-0.1, -0.05) is 6.07 Å². The molecule has 0 radical (unpaired) electrons. The molecule has 0 unspecified atom stereocenters. The van der Waals surface area contributed by atoms with E-state index in [1.165, 1.54) is 0 Å². The van der Waals surface area contributed by atoms with Crippen LogP contribution in [0.2, 0.25) is 0 Å². The zero-order valence-corrected chi connectivity index (χ0v) is 9.69. The fraction of sp³-hybridized carbons (Fsp3) is 0.231. The molecule has 84 valence electrons. The zero-order chi connectivity index (χ0) is 12.4. The van der Waals surface area contributed by atoms with E-state index in [1.54, 1.807) is 6.92 Å². The number of nitrogens with zero attached hydrogens (tertiary/aromatic N) is 3. The van der Waals surface area contributed by atoms with Gasteiger partial charge in [-0.15, -0.1) is 0 Å². The van der Waals surface area contributed by atoms with Crippen molar-refractivity contribution in [2.45, 2.75) is 20.3 Å². The van der Waals surface area contributed by atoms with Gasteiger partial charge in [-0.25, -0.2) is 9.97 Å². The van der Waals surface area contributed by atoms with Crippen molar-refractivity contribution in [1.29, 1.82) is 5.26 Å². The van der Waals surface area contributed by atoms with Crippen LogP contribution >= 0.6 is 0 Å². The van der Waals surface area contributed by atoms with E-state index < -0.39 is 0 Å². The van der Waals surface area contributed by atoms with Crippen molar-refractivity contribution in [1.82, 2.24) is 9.97 Å². The summed E-state index contributed by atoms with van der Waals surface area (Å²) < 4.78 is 0. The van der Waals surface area contributed by atoms with E-state index in [9.17, 15) is 4.79 Å². The highest BCUT2D eigenvalue weighted by Crippen LogP contribution is 2.15. The van der Waals surface area contributed by atoms with Crippen molar-refractivity contribution in [2.75, 3.05) is 0 Å². The van der Waals surface area contributed by atoms with E-state index in [0.717, 1.165) is 11.1 Å². The van der Waals surface area contributed by atoms with E-state index in [0.29, 0.717) is 16.9 Å². The van der Waals surface area contributed by atoms with Gasteiger partial charge in [-0.3, -0.25) is 4.79 Å². The quantitative estimate of drug-likeness (QED) is 0.736. The van der Waals surface area contributed by atoms with E-state index in [4.69, 9.17) is 5.26 Å². The molecule has 0 atom stereocenters. The van der Waals surface area contributed by atoms with Crippen LogP contribution in [0.25, 0.3) is 11.0 Å². The minimum atomic E-state index is -0.277. The maximum absolute atomic E-state index is 11.7. The second-order valence-corrected chi connectivity index (χ2v) is 3.91. The van der Waals surface area contributed by atoms with Crippen molar-refractivity contribution in [3.05, 3.63) is 35.2 Å². The topological polar surface area (TPSA) is 66.6 Å². The standard InChI is InChI=1S/C13H11N3O/c1-8-3-4-10-11(7-8)16-13(9(2)15-10)12(17)5-6-14/h3-4,7H,5H2,1-2H3. The van der Waals surface area contributed by atoms with E-state index >= 15 is 0 Å². The summed E-state index contributed by atoms with van der Waals surface area (Å²) in [7, 11) is 0. The van der Waals surface area contributed by atoms with Crippen molar-refractivity contribution in [3.63, 3.8) is 0 Å². The highest BCUT2D eigenvalue weighted by Gasteiger charge is 2.13. The summed E-state index contributed by atoms with van der Waals surface area (Å²) in [5.41, 5.74) is 3.39. The molecular weight excluding hydrogens is 214 g/mol. The Kier molecular flexibility index (Phi) is 2.84. The molecule has 1 aromatic heterocycles. The lowest BCUT2D eigenvalue weighted by Gasteiger charge is -2.04. The molecule has 0 saturated carbocycles. The van der Waals surface area contributed by atoms with Crippen LogP contribution in [0.5, 0.6) is 0 Å². The lowest BCUT2D eigenvalue weighted by atomic mass is 10.1. The molecule has 2 rings (SSSR count). The Balaban J connectivity index is 2.62. The van der Waals surface area contributed by atoms with Crippen LogP contribution in [0.3, 0.4) is 0 Å². The molecule has 0 aliphatic carbocycles. The molecule has 0 aliphatic heterocycles. The molecule has 1 heterocycles. The zero-order valence-electron chi connectivity index (χ0n) is 9.69. The number of ketones is 1. The summed E-state index contributed by atoms with van der Waals surface area (Å²) in [5, 5.41) is 8.53. The first-order valence-corrected chi connectivity index (χ1v) is 5.27. The van der Waals surface area contributed by atoms with E-state index in [2.05, 4.69) is 9.97 Å². The van der Waals surface area contributed by atoms with Crippen molar-refractivity contribution in [3.8, 4) is 6.07 Å². The van der Waals surface area contributed by atoms with Gasteiger partial charge in [0.05, 0.1) is 22.8 Å². The number of hydrogen-bond acceptors (Lipinski definition) is 4. The molecular formula is C13H11N3O. The Morgan fingerprint density at radius 2 is 2.06 bits per heavy atom. The van der Waals surface area contributed by atoms with Crippen molar-refractivity contribution in [2.24, 2.45) is 0 Å². The molecule has 0 bridgehead atoms. The summed E-state index contributed by atoms with van der Waals surface area (Å²) in [6, 6.07) is 7.54. The van der Waals surface area contributed by atoms with E-state index in [-0.39, 0.29) is 12.2 Å². The third kappa shape index (κ3) is 2.13. The van der Waals surface area contributed by atoms with Crippen LogP contribution < -0.4 is 0 Å². The van der Waals surface area contributed by atoms with E-state index in [1.807, 2.05) is 31.2 Å². The van der Waals surface area contributed by atoms with Gasteiger partial charge >= 0.3 is 0 Å². The minimum absolute atomic E-state index is 0.160. The molecule has 0 aliphatic rings. The average molecular weight is 225 g/mol. The normalized spacial score (nSPS) is 10.2. The van der Waals surface area contributed by atoms with Gasteiger partial charge in [-0.05, 0) is 31.5 Å². The number of carbonyl (C=O) groups is 1. The van der Waals surface area contributed by atoms with Gasteiger partial charge in [0, 0.05) is 0 Å². The Morgan fingerprint density at radius 1 is 1.29 bits per heavy atom. The lowest BCUT2D eigenvalue weighted by Crippen LogP contribution is -2.06. The summed E-state index contributed by atoms with van der Waals surface area (Å²) in [4.78, 5) is 20.3. The number of aryl methyl sites for hydroxylation is 2. The summed E-state index contributed by atoms with van der Waals surface area (Å²) >= 11 is 0. The fourth-order valence-electron chi connectivity index (χ4n) is 1.67. The molecule has 0 spiro atoms. The molecule has 0 saturated heterocycles. The van der Waals surface area contributed by atoms with Crippen LogP contribution in [0, 0.1) is 25.2 Å². The van der Waals surface area contributed by atoms with Crippen LogP contribution in [0.15, 0.2) is 18.2 Å². The first kappa shape index (κ1) is 11.2.